The minimum absolute atomic E-state index is 0.187. The molecule has 0 aliphatic carbocycles. The fraction of sp³-hybridized carbons (Fsp3) is 0.138. The van der Waals surface area contributed by atoms with Gasteiger partial charge in [0.2, 0.25) is 5.95 Å². The highest BCUT2D eigenvalue weighted by molar-refractivity contribution is 6.31. The van der Waals surface area contributed by atoms with Crippen LogP contribution in [0.5, 0.6) is 11.5 Å². The predicted molar refractivity (Wildman–Crippen MR) is 145 cm³/mol. The summed E-state index contributed by atoms with van der Waals surface area (Å²) in [7, 11) is 3.25. The van der Waals surface area contributed by atoms with E-state index in [1.54, 1.807) is 20.5 Å². The molecule has 1 aliphatic rings. The SMILES string of the molecule is COc1ccc([C@H]2CC(c3ccco3)=NN2c2nc(-c3ccccc3)c3cc(Cl)ccc3n2)cc1OC. The number of ether oxygens (including phenoxy) is 2. The number of hydrogen-bond donors (Lipinski definition) is 0. The van der Waals surface area contributed by atoms with Crippen LogP contribution in [0.4, 0.5) is 5.95 Å². The molecule has 1 atom stereocenters. The van der Waals surface area contributed by atoms with Crippen LogP contribution in [0.15, 0.2) is 94.6 Å². The Balaban J connectivity index is 1.53. The van der Waals surface area contributed by atoms with E-state index in [4.69, 9.17) is 40.6 Å². The van der Waals surface area contributed by atoms with E-state index >= 15 is 0 Å². The molecular formula is C29H23ClN4O3. The minimum Gasteiger partial charge on any atom is -0.493 e. The number of rotatable bonds is 6. The summed E-state index contributed by atoms with van der Waals surface area (Å²) in [5.41, 5.74) is 4.34. The molecule has 8 heteroatoms. The molecule has 0 saturated carbocycles. The number of nitrogens with zero attached hydrogens (tertiary/aromatic N) is 4. The van der Waals surface area contributed by atoms with Crippen LogP contribution >= 0.6 is 11.6 Å². The van der Waals surface area contributed by atoms with Gasteiger partial charge in [-0.15, -0.1) is 0 Å². The van der Waals surface area contributed by atoms with E-state index in [-0.39, 0.29) is 6.04 Å². The van der Waals surface area contributed by atoms with Gasteiger partial charge in [-0.1, -0.05) is 48.0 Å². The standard InChI is InChI=1S/C29H23ClN4O3/c1-35-26-13-10-19(15-27(26)36-2)24-17-23(25-9-6-14-37-25)33-34(24)29-31-22-12-11-20(30)16-21(22)28(32-29)18-7-4-3-5-8-18/h3-16,24H,17H2,1-2H3/t24-/m1/s1. The van der Waals surface area contributed by atoms with E-state index in [1.807, 2.05) is 83.9 Å². The van der Waals surface area contributed by atoms with Crippen LogP contribution in [0, 0.1) is 0 Å². The number of fused-ring (bicyclic) bond motifs is 1. The summed E-state index contributed by atoms with van der Waals surface area (Å²) < 4.78 is 16.7. The Labute approximate surface area is 218 Å². The van der Waals surface area contributed by atoms with Crippen LogP contribution in [-0.4, -0.2) is 29.9 Å². The lowest BCUT2D eigenvalue weighted by molar-refractivity contribution is 0.354. The molecule has 37 heavy (non-hydrogen) atoms. The molecule has 7 nitrogen and oxygen atoms in total. The normalized spacial score (nSPS) is 15.2. The van der Waals surface area contributed by atoms with Crippen LogP contribution in [0.3, 0.4) is 0 Å². The molecule has 3 aromatic carbocycles. The molecule has 0 unspecified atom stereocenters. The van der Waals surface area contributed by atoms with Crippen LogP contribution in [0.2, 0.25) is 5.02 Å². The van der Waals surface area contributed by atoms with Crippen molar-refractivity contribution in [1.29, 1.82) is 0 Å². The first kappa shape index (κ1) is 23.1. The molecule has 3 heterocycles. The molecule has 184 valence electrons. The lowest BCUT2D eigenvalue weighted by atomic mass is 10.0. The van der Waals surface area contributed by atoms with E-state index in [2.05, 4.69) is 0 Å². The Morgan fingerprint density at radius 2 is 1.73 bits per heavy atom. The Hall–Kier alpha value is -4.36. The van der Waals surface area contributed by atoms with E-state index in [0.717, 1.165) is 33.4 Å². The smallest absolute Gasteiger partial charge is 0.247 e. The minimum atomic E-state index is -0.187. The zero-order chi connectivity index (χ0) is 25.4. The van der Waals surface area contributed by atoms with E-state index in [0.29, 0.717) is 34.7 Å². The highest BCUT2D eigenvalue weighted by Crippen LogP contribution is 2.40. The summed E-state index contributed by atoms with van der Waals surface area (Å²) in [5, 5.41) is 8.31. The highest BCUT2D eigenvalue weighted by Gasteiger charge is 2.34. The molecule has 0 bridgehead atoms. The molecule has 0 N–H and O–H groups in total. The highest BCUT2D eigenvalue weighted by atomic mass is 35.5. The van der Waals surface area contributed by atoms with Crippen molar-refractivity contribution in [3.05, 3.63) is 101 Å². The van der Waals surface area contributed by atoms with Gasteiger partial charge in [0.05, 0.1) is 37.7 Å². The van der Waals surface area contributed by atoms with Gasteiger partial charge in [-0.25, -0.2) is 15.0 Å². The lowest BCUT2D eigenvalue weighted by Gasteiger charge is -2.23. The van der Waals surface area contributed by atoms with Crippen LogP contribution < -0.4 is 14.5 Å². The van der Waals surface area contributed by atoms with Crippen molar-refractivity contribution in [2.45, 2.75) is 12.5 Å². The summed E-state index contributed by atoms with van der Waals surface area (Å²) in [4.78, 5) is 9.94. The number of halogens is 1. The quantitative estimate of drug-likeness (QED) is 0.247. The monoisotopic (exact) mass is 510 g/mol. The second kappa shape index (κ2) is 9.59. The molecule has 0 amide bonds. The molecule has 5 aromatic rings. The number of aromatic nitrogens is 2. The fourth-order valence-electron chi connectivity index (χ4n) is 4.61. The van der Waals surface area contributed by atoms with Gasteiger partial charge in [0, 0.05) is 22.4 Å². The average molecular weight is 511 g/mol. The zero-order valence-electron chi connectivity index (χ0n) is 20.3. The molecule has 6 rings (SSSR count). The second-order valence-corrected chi connectivity index (χ2v) is 9.04. The van der Waals surface area contributed by atoms with Gasteiger partial charge in [-0.2, -0.15) is 5.10 Å². The Morgan fingerprint density at radius 3 is 2.49 bits per heavy atom. The summed E-state index contributed by atoms with van der Waals surface area (Å²) >= 11 is 6.36. The van der Waals surface area contributed by atoms with Gasteiger partial charge in [-0.3, -0.25) is 0 Å². The van der Waals surface area contributed by atoms with Gasteiger partial charge >= 0.3 is 0 Å². The van der Waals surface area contributed by atoms with Crippen LogP contribution in [0.1, 0.15) is 23.8 Å². The maximum Gasteiger partial charge on any atom is 0.247 e. The first-order chi connectivity index (χ1) is 18.1. The van der Waals surface area contributed by atoms with E-state index in [1.165, 1.54) is 0 Å². The Kier molecular flexibility index (Phi) is 5.98. The molecule has 0 radical (unpaired) electrons. The van der Waals surface area contributed by atoms with E-state index < -0.39 is 0 Å². The molecule has 0 saturated heterocycles. The van der Waals surface area contributed by atoms with Gasteiger partial charge in [-0.05, 0) is 48.0 Å². The number of methoxy groups -OCH3 is 2. The summed E-state index contributed by atoms with van der Waals surface area (Å²) in [5.74, 6) is 2.50. The molecule has 0 fully saturated rings. The molecule has 0 spiro atoms. The number of anilines is 1. The summed E-state index contributed by atoms with van der Waals surface area (Å²) in [6.45, 7) is 0. The van der Waals surface area contributed by atoms with E-state index in [9.17, 15) is 0 Å². The molecule has 1 aliphatic heterocycles. The van der Waals surface area contributed by atoms with Crippen molar-refractivity contribution in [1.82, 2.24) is 9.97 Å². The van der Waals surface area contributed by atoms with Crippen molar-refractivity contribution in [3.8, 4) is 22.8 Å². The first-order valence-corrected chi connectivity index (χ1v) is 12.2. The fourth-order valence-corrected chi connectivity index (χ4v) is 4.79. The van der Waals surface area contributed by atoms with Gasteiger partial charge < -0.3 is 13.9 Å². The largest absolute Gasteiger partial charge is 0.493 e. The Morgan fingerprint density at radius 1 is 0.892 bits per heavy atom. The van der Waals surface area contributed by atoms with Gasteiger partial charge in [0.15, 0.2) is 11.5 Å². The van der Waals surface area contributed by atoms with Crippen molar-refractivity contribution >= 4 is 34.2 Å². The van der Waals surface area contributed by atoms with Crippen molar-refractivity contribution < 1.29 is 13.9 Å². The van der Waals surface area contributed by atoms with Gasteiger partial charge in [0.1, 0.15) is 11.5 Å². The first-order valence-electron chi connectivity index (χ1n) is 11.8. The average Bonchev–Trinajstić information content (AvgIpc) is 3.63. The number of hydrogen-bond acceptors (Lipinski definition) is 7. The Bertz CT molecular complexity index is 1600. The zero-order valence-corrected chi connectivity index (χ0v) is 21.0. The third-order valence-corrected chi connectivity index (χ3v) is 6.64. The second-order valence-electron chi connectivity index (χ2n) is 8.60. The van der Waals surface area contributed by atoms with Crippen LogP contribution in [0.25, 0.3) is 22.2 Å². The maximum absolute atomic E-state index is 6.36. The van der Waals surface area contributed by atoms with Crippen molar-refractivity contribution in [2.24, 2.45) is 5.10 Å². The molecular weight excluding hydrogens is 488 g/mol. The maximum atomic E-state index is 6.36. The molecule has 2 aromatic heterocycles. The number of furan rings is 1. The van der Waals surface area contributed by atoms with Crippen molar-refractivity contribution in [2.75, 3.05) is 19.2 Å². The number of hydrazone groups is 1. The number of benzene rings is 3. The summed E-state index contributed by atoms with van der Waals surface area (Å²) in [6, 6.07) is 25.1. The summed E-state index contributed by atoms with van der Waals surface area (Å²) in [6.07, 6.45) is 2.25. The van der Waals surface area contributed by atoms with Crippen LogP contribution in [-0.2, 0) is 0 Å². The van der Waals surface area contributed by atoms with Gasteiger partial charge in [0.25, 0.3) is 0 Å². The predicted octanol–water partition coefficient (Wildman–Crippen LogP) is 6.92. The third kappa shape index (κ3) is 4.27. The topological polar surface area (TPSA) is 73.0 Å². The van der Waals surface area contributed by atoms with Crippen molar-refractivity contribution in [3.63, 3.8) is 0 Å². The third-order valence-electron chi connectivity index (χ3n) is 6.41. The lowest BCUT2D eigenvalue weighted by Crippen LogP contribution is -2.21.